The summed E-state index contributed by atoms with van der Waals surface area (Å²) in [4.78, 5) is 26.0. The molecule has 0 aromatic heterocycles. The second-order valence-corrected chi connectivity index (χ2v) is 6.83. The summed E-state index contributed by atoms with van der Waals surface area (Å²) < 4.78 is 10.4. The third-order valence-corrected chi connectivity index (χ3v) is 5.05. The molecule has 6 nitrogen and oxygen atoms in total. The van der Waals surface area contributed by atoms with E-state index in [0.29, 0.717) is 11.1 Å². The number of carbonyl (C=O) groups is 2. The van der Waals surface area contributed by atoms with E-state index >= 15 is 0 Å². The van der Waals surface area contributed by atoms with Crippen molar-refractivity contribution in [2.24, 2.45) is 0 Å². The molecule has 0 bridgehead atoms. The maximum Gasteiger partial charge on any atom is 0.335 e. The van der Waals surface area contributed by atoms with Gasteiger partial charge in [0.25, 0.3) is 0 Å². The van der Waals surface area contributed by atoms with E-state index < -0.39 is 22.8 Å². The highest BCUT2D eigenvalue weighted by Crippen LogP contribution is 2.41. The number of carbonyl (C=O) groups excluding carboxylic acids is 2. The molecular weight excluding hydrogens is 392 g/mol. The topological polar surface area (TPSA) is 100 Å². The first-order valence-corrected chi connectivity index (χ1v) is 9.89. The minimum Gasteiger partial charge on any atom is -0.465 e. The van der Waals surface area contributed by atoms with Gasteiger partial charge >= 0.3 is 11.9 Å². The van der Waals surface area contributed by atoms with Crippen LogP contribution >= 0.6 is 0 Å². The fourth-order valence-electron chi connectivity index (χ4n) is 3.45. The van der Waals surface area contributed by atoms with Crippen LogP contribution in [0.25, 0.3) is 0 Å². The van der Waals surface area contributed by atoms with Crippen molar-refractivity contribution in [3.63, 3.8) is 0 Å². The van der Waals surface area contributed by atoms with Crippen molar-refractivity contribution in [2.45, 2.75) is 31.1 Å². The molecule has 6 heteroatoms. The molecule has 0 aliphatic carbocycles. The van der Waals surface area contributed by atoms with Crippen molar-refractivity contribution in [1.82, 2.24) is 0 Å². The van der Waals surface area contributed by atoms with Gasteiger partial charge in [-0.05, 0) is 30.5 Å². The van der Waals surface area contributed by atoms with Gasteiger partial charge in [0.15, 0.2) is 10.8 Å². The Balaban J connectivity index is 2.67. The zero-order valence-electron chi connectivity index (χ0n) is 17.6. The lowest BCUT2D eigenvalue weighted by molar-refractivity contribution is -0.149. The van der Waals surface area contributed by atoms with Crippen LogP contribution in [0.4, 0.5) is 0 Å². The van der Waals surface area contributed by atoms with Gasteiger partial charge in [-0.1, -0.05) is 67.2 Å². The quantitative estimate of drug-likeness (QED) is 0.453. The summed E-state index contributed by atoms with van der Waals surface area (Å²) in [6.45, 7) is 7.40. The van der Waals surface area contributed by atoms with Crippen molar-refractivity contribution < 1.29 is 19.1 Å². The predicted molar refractivity (Wildman–Crippen MR) is 114 cm³/mol. The first-order chi connectivity index (χ1) is 14.9. The van der Waals surface area contributed by atoms with Gasteiger partial charge in [-0.3, -0.25) is 0 Å². The average molecular weight is 416 g/mol. The molecule has 2 unspecified atom stereocenters. The van der Waals surface area contributed by atoms with Crippen LogP contribution in [0.3, 0.4) is 0 Å². The number of benzene rings is 2. The highest BCUT2D eigenvalue weighted by atomic mass is 16.5. The lowest BCUT2D eigenvalue weighted by Crippen LogP contribution is -2.43. The van der Waals surface area contributed by atoms with Crippen molar-refractivity contribution in [3.05, 3.63) is 83.9 Å². The summed E-state index contributed by atoms with van der Waals surface area (Å²) in [6, 6.07) is 20.9. The molecule has 0 fully saturated rings. The Morgan fingerprint density at radius 1 is 0.839 bits per heavy atom. The lowest BCUT2D eigenvalue weighted by Gasteiger charge is -2.32. The summed E-state index contributed by atoms with van der Waals surface area (Å²) in [7, 11) is 0. The number of ether oxygens (including phenoxy) is 2. The van der Waals surface area contributed by atoms with Gasteiger partial charge in [-0.15, -0.1) is 0 Å². The van der Waals surface area contributed by atoms with Crippen molar-refractivity contribution in [1.29, 1.82) is 10.5 Å². The van der Waals surface area contributed by atoms with E-state index in [1.165, 1.54) is 0 Å². The van der Waals surface area contributed by atoms with E-state index in [1.807, 2.05) is 6.07 Å². The van der Waals surface area contributed by atoms with Crippen molar-refractivity contribution in [3.8, 4) is 12.1 Å². The summed E-state index contributed by atoms with van der Waals surface area (Å²) in [6.07, 6.45) is -0.298. The zero-order chi connectivity index (χ0) is 22.9. The molecule has 2 rings (SSSR count). The number of esters is 2. The smallest absolute Gasteiger partial charge is 0.335 e. The Kier molecular flexibility index (Phi) is 7.71. The molecule has 0 saturated carbocycles. The molecule has 2 aromatic rings. The Labute approximate surface area is 182 Å². The van der Waals surface area contributed by atoms with E-state index in [1.54, 1.807) is 74.5 Å². The van der Waals surface area contributed by atoms with E-state index in [4.69, 9.17) is 9.47 Å². The molecule has 31 heavy (non-hydrogen) atoms. The van der Waals surface area contributed by atoms with Gasteiger partial charge in [-0.2, -0.15) is 10.5 Å². The summed E-state index contributed by atoms with van der Waals surface area (Å²) >= 11 is 0. The molecule has 2 aromatic carbocycles. The summed E-state index contributed by atoms with van der Waals surface area (Å²) in [5.74, 6) is -1.58. The molecule has 2 atom stereocenters. The van der Waals surface area contributed by atoms with Crippen molar-refractivity contribution >= 4 is 11.9 Å². The molecular formula is C25H24N2O4. The molecule has 0 N–H and O–H groups in total. The lowest BCUT2D eigenvalue weighted by atomic mass is 9.67. The van der Waals surface area contributed by atoms with Crippen LogP contribution in [0.2, 0.25) is 0 Å². The maximum atomic E-state index is 13.0. The molecule has 0 radical (unpaired) electrons. The van der Waals surface area contributed by atoms with Gasteiger partial charge in [-0.25, -0.2) is 9.59 Å². The SMILES string of the molecule is C=C(CC(C#N)(C(=O)OCC)c1ccccc1)C(C#N)(C(=O)OCC)c1ccccc1. The fraction of sp³-hybridized carbons (Fsp3) is 0.280. The standard InChI is InChI=1S/C25H24N2O4/c1-4-30-22(28)24(17-26,20-12-8-6-9-13-20)16-19(3)25(18-27,23(29)31-5-2)21-14-10-7-11-15-21/h6-15H,3-5,16H2,1-2H3. The van der Waals surface area contributed by atoms with Gasteiger partial charge in [0, 0.05) is 6.42 Å². The second kappa shape index (κ2) is 10.2. The van der Waals surface area contributed by atoms with Crippen molar-refractivity contribution in [2.75, 3.05) is 13.2 Å². The number of rotatable bonds is 9. The molecule has 0 spiro atoms. The maximum absolute atomic E-state index is 13.0. The van der Waals surface area contributed by atoms with E-state index in [-0.39, 0.29) is 25.2 Å². The van der Waals surface area contributed by atoms with E-state index in [2.05, 4.69) is 12.6 Å². The highest BCUT2D eigenvalue weighted by molar-refractivity contribution is 5.93. The van der Waals surface area contributed by atoms with Crippen LogP contribution in [0.15, 0.2) is 72.8 Å². The van der Waals surface area contributed by atoms with E-state index in [0.717, 1.165) is 0 Å². The van der Waals surface area contributed by atoms with Gasteiger partial charge < -0.3 is 9.47 Å². The predicted octanol–water partition coefficient (Wildman–Crippen LogP) is 3.98. The van der Waals surface area contributed by atoms with Crippen LogP contribution in [0.1, 0.15) is 31.4 Å². The fourth-order valence-corrected chi connectivity index (χ4v) is 3.45. The highest BCUT2D eigenvalue weighted by Gasteiger charge is 2.51. The third kappa shape index (κ3) is 4.34. The first kappa shape index (κ1) is 23.4. The van der Waals surface area contributed by atoms with Crippen LogP contribution in [0, 0.1) is 22.7 Å². The van der Waals surface area contributed by atoms with Crippen LogP contribution in [-0.2, 0) is 29.9 Å². The number of nitriles is 2. The van der Waals surface area contributed by atoms with Crippen LogP contribution < -0.4 is 0 Å². The number of hydrogen-bond acceptors (Lipinski definition) is 6. The van der Waals surface area contributed by atoms with Gasteiger partial charge in [0.1, 0.15) is 0 Å². The largest absolute Gasteiger partial charge is 0.465 e. The third-order valence-electron chi connectivity index (χ3n) is 5.05. The molecule has 158 valence electrons. The Morgan fingerprint density at radius 2 is 1.32 bits per heavy atom. The van der Waals surface area contributed by atoms with Gasteiger partial charge in [0.05, 0.1) is 25.4 Å². The number of nitrogens with zero attached hydrogens (tertiary/aromatic N) is 2. The zero-order valence-corrected chi connectivity index (χ0v) is 17.6. The van der Waals surface area contributed by atoms with Crippen LogP contribution in [0.5, 0.6) is 0 Å². The number of hydrogen-bond donors (Lipinski definition) is 0. The van der Waals surface area contributed by atoms with Crippen LogP contribution in [-0.4, -0.2) is 25.2 Å². The minimum absolute atomic E-state index is 0.0579. The van der Waals surface area contributed by atoms with Gasteiger partial charge in [0.2, 0.25) is 0 Å². The Bertz CT molecular complexity index is 1020. The Hall–Kier alpha value is -3.90. The first-order valence-electron chi connectivity index (χ1n) is 9.89. The molecule has 0 aliphatic rings. The molecule has 0 saturated heterocycles. The monoisotopic (exact) mass is 416 g/mol. The summed E-state index contributed by atoms with van der Waals surface area (Å²) in [5, 5.41) is 20.3. The summed E-state index contributed by atoms with van der Waals surface area (Å²) in [5.41, 5.74) is -2.86. The normalized spacial score (nSPS) is 14.1. The molecule has 0 heterocycles. The molecule has 0 amide bonds. The van der Waals surface area contributed by atoms with E-state index in [9.17, 15) is 20.1 Å². The molecule has 0 aliphatic heterocycles. The Morgan fingerprint density at radius 3 is 1.77 bits per heavy atom. The second-order valence-electron chi connectivity index (χ2n) is 6.83. The minimum atomic E-state index is -1.89. The average Bonchev–Trinajstić information content (AvgIpc) is 2.80.